The number of halogens is 1. The van der Waals surface area contributed by atoms with E-state index in [0.717, 1.165) is 42.8 Å². The van der Waals surface area contributed by atoms with E-state index in [9.17, 15) is 9.18 Å². The van der Waals surface area contributed by atoms with E-state index in [4.69, 9.17) is 0 Å². The maximum atomic E-state index is 13.0. The highest BCUT2D eigenvalue weighted by molar-refractivity contribution is 5.79. The van der Waals surface area contributed by atoms with Crippen LogP contribution >= 0.6 is 0 Å². The third kappa shape index (κ3) is 3.34. The number of imidazole rings is 1. The van der Waals surface area contributed by atoms with Crippen molar-refractivity contribution in [3.63, 3.8) is 0 Å². The van der Waals surface area contributed by atoms with E-state index in [2.05, 4.69) is 21.6 Å². The first-order valence-electron chi connectivity index (χ1n) is 9.07. The summed E-state index contributed by atoms with van der Waals surface area (Å²) >= 11 is 0. The first kappa shape index (κ1) is 16.8. The Morgan fingerprint density at radius 3 is 2.85 bits per heavy atom. The molecule has 0 N–H and O–H groups in total. The molecule has 4 rings (SSSR count). The van der Waals surface area contributed by atoms with Crippen LogP contribution in [0.5, 0.6) is 0 Å². The number of pyridine rings is 1. The highest BCUT2D eigenvalue weighted by Crippen LogP contribution is 2.28. The Bertz CT molecular complexity index is 932. The predicted octanol–water partition coefficient (Wildman–Crippen LogP) is 3.73. The summed E-state index contributed by atoms with van der Waals surface area (Å²) in [4.78, 5) is 19.2. The molecule has 0 radical (unpaired) electrons. The van der Waals surface area contributed by atoms with Crippen LogP contribution in [0.15, 0.2) is 48.7 Å². The Hall–Kier alpha value is -2.69. The van der Waals surface area contributed by atoms with Crippen molar-refractivity contribution in [2.75, 3.05) is 13.1 Å². The molecule has 3 aromatic rings. The molecule has 1 aromatic carbocycles. The summed E-state index contributed by atoms with van der Waals surface area (Å²) in [5.74, 6) is 0.136. The van der Waals surface area contributed by atoms with E-state index in [-0.39, 0.29) is 11.7 Å². The van der Waals surface area contributed by atoms with Gasteiger partial charge in [-0.05, 0) is 49.6 Å². The maximum absolute atomic E-state index is 13.0. The monoisotopic (exact) mass is 351 g/mol. The predicted molar refractivity (Wildman–Crippen MR) is 98.6 cm³/mol. The molecule has 0 spiro atoms. The van der Waals surface area contributed by atoms with Gasteiger partial charge in [0.2, 0.25) is 5.91 Å². The molecule has 1 atom stereocenters. The van der Waals surface area contributed by atoms with E-state index in [1.165, 1.54) is 17.8 Å². The number of fused-ring (bicyclic) bond motifs is 1. The van der Waals surface area contributed by atoms with Crippen LogP contribution in [-0.2, 0) is 11.2 Å². The molecule has 1 aliphatic rings. The number of aryl methyl sites for hydroxylation is 1. The zero-order chi connectivity index (χ0) is 18.1. The van der Waals surface area contributed by atoms with Crippen molar-refractivity contribution in [1.82, 2.24) is 14.3 Å². The molecule has 0 unspecified atom stereocenters. The van der Waals surface area contributed by atoms with Gasteiger partial charge in [-0.15, -0.1) is 0 Å². The Morgan fingerprint density at radius 1 is 1.23 bits per heavy atom. The van der Waals surface area contributed by atoms with Crippen molar-refractivity contribution >= 4 is 11.6 Å². The minimum absolute atomic E-state index is 0.107. The van der Waals surface area contributed by atoms with Crippen molar-refractivity contribution in [2.24, 2.45) is 0 Å². The standard InChI is InChI=1S/C21H22FN3O/c1-15-13-25-19(5-2-6-20(25)23-15)17-4-3-11-24(14-17)21(26)12-16-7-9-18(22)10-8-16/h2,5-10,13,17H,3-4,11-12,14H2,1H3/t17-/m1/s1. The van der Waals surface area contributed by atoms with Gasteiger partial charge >= 0.3 is 0 Å². The highest BCUT2D eigenvalue weighted by atomic mass is 19.1. The minimum atomic E-state index is -0.275. The number of aromatic nitrogens is 2. The molecule has 0 bridgehead atoms. The van der Waals surface area contributed by atoms with Crippen molar-refractivity contribution in [3.05, 3.63) is 71.4 Å². The van der Waals surface area contributed by atoms with Crippen LogP contribution in [0.3, 0.4) is 0 Å². The second-order valence-electron chi connectivity index (χ2n) is 7.04. The number of hydrogen-bond donors (Lipinski definition) is 0. The van der Waals surface area contributed by atoms with E-state index in [0.29, 0.717) is 12.3 Å². The van der Waals surface area contributed by atoms with Gasteiger partial charge in [-0.25, -0.2) is 9.37 Å². The van der Waals surface area contributed by atoms with Gasteiger partial charge in [0, 0.05) is 30.9 Å². The topological polar surface area (TPSA) is 37.6 Å². The summed E-state index contributed by atoms with van der Waals surface area (Å²) in [5.41, 5.74) is 4.01. The highest BCUT2D eigenvalue weighted by Gasteiger charge is 2.26. The fraction of sp³-hybridized carbons (Fsp3) is 0.333. The number of piperidine rings is 1. The van der Waals surface area contributed by atoms with Crippen LogP contribution in [0.4, 0.5) is 4.39 Å². The summed E-state index contributed by atoms with van der Waals surface area (Å²) in [6.07, 6.45) is 4.44. The number of rotatable bonds is 3. The molecule has 0 saturated carbocycles. The SMILES string of the molecule is Cc1cn2c([C@@H]3CCCN(C(=O)Cc4ccc(F)cc4)C3)cccc2n1. The number of nitrogens with zero attached hydrogens (tertiary/aromatic N) is 3. The van der Waals surface area contributed by atoms with Crippen molar-refractivity contribution < 1.29 is 9.18 Å². The lowest BCUT2D eigenvalue weighted by molar-refractivity contribution is -0.131. The summed E-state index contributed by atoms with van der Waals surface area (Å²) in [6.45, 7) is 3.50. The largest absolute Gasteiger partial charge is 0.342 e. The van der Waals surface area contributed by atoms with Gasteiger partial charge in [0.05, 0.1) is 12.1 Å². The number of hydrogen-bond acceptors (Lipinski definition) is 2. The molecule has 1 aliphatic heterocycles. The van der Waals surface area contributed by atoms with Crippen molar-refractivity contribution in [3.8, 4) is 0 Å². The lowest BCUT2D eigenvalue weighted by atomic mass is 9.93. The van der Waals surface area contributed by atoms with E-state index < -0.39 is 0 Å². The lowest BCUT2D eigenvalue weighted by Crippen LogP contribution is -2.40. The first-order valence-corrected chi connectivity index (χ1v) is 9.07. The third-order valence-corrected chi connectivity index (χ3v) is 5.11. The van der Waals surface area contributed by atoms with Crippen LogP contribution < -0.4 is 0 Å². The lowest BCUT2D eigenvalue weighted by Gasteiger charge is -2.33. The zero-order valence-electron chi connectivity index (χ0n) is 14.9. The first-order chi connectivity index (χ1) is 12.6. The average Bonchev–Trinajstić information content (AvgIpc) is 3.04. The summed E-state index contributed by atoms with van der Waals surface area (Å²) in [7, 11) is 0. The van der Waals surface area contributed by atoms with Gasteiger partial charge in [0.1, 0.15) is 11.5 Å². The van der Waals surface area contributed by atoms with Gasteiger partial charge in [-0.1, -0.05) is 18.2 Å². The Morgan fingerprint density at radius 2 is 2.04 bits per heavy atom. The summed E-state index contributed by atoms with van der Waals surface area (Å²) in [6, 6.07) is 12.4. The van der Waals surface area contributed by atoms with Crippen molar-refractivity contribution in [2.45, 2.75) is 32.1 Å². The molecule has 1 amide bonds. The second-order valence-corrected chi connectivity index (χ2v) is 7.04. The van der Waals surface area contributed by atoms with Gasteiger partial charge < -0.3 is 9.30 Å². The molecular formula is C21H22FN3O. The van der Waals surface area contributed by atoms with E-state index in [1.54, 1.807) is 12.1 Å². The molecule has 3 heterocycles. The fourth-order valence-electron chi connectivity index (χ4n) is 3.82. The maximum Gasteiger partial charge on any atom is 0.227 e. The molecule has 2 aromatic heterocycles. The fourth-order valence-corrected chi connectivity index (χ4v) is 3.82. The van der Waals surface area contributed by atoms with Crippen LogP contribution in [0.1, 0.15) is 35.7 Å². The molecule has 134 valence electrons. The zero-order valence-corrected chi connectivity index (χ0v) is 14.9. The van der Waals surface area contributed by atoms with Crippen LogP contribution in [0, 0.1) is 12.7 Å². The Balaban J connectivity index is 1.51. The minimum Gasteiger partial charge on any atom is -0.342 e. The number of carbonyl (C=O) groups is 1. The molecule has 26 heavy (non-hydrogen) atoms. The normalized spacial score (nSPS) is 17.6. The summed E-state index contributed by atoms with van der Waals surface area (Å²) in [5, 5.41) is 0. The van der Waals surface area contributed by atoms with Crippen LogP contribution in [-0.4, -0.2) is 33.3 Å². The van der Waals surface area contributed by atoms with E-state index >= 15 is 0 Å². The Labute approximate surface area is 152 Å². The number of amides is 1. The quantitative estimate of drug-likeness (QED) is 0.721. The Kier molecular flexibility index (Phi) is 4.45. The molecule has 1 saturated heterocycles. The third-order valence-electron chi connectivity index (χ3n) is 5.11. The molecular weight excluding hydrogens is 329 g/mol. The van der Waals surface area contributed by atoms with Gasteiger partial charge in [0.25, 0.3) is 0 Å². The second kappa shape index (κ2) is 6.90. The number of benzene rings is 1. The van der Waals surface area contributed by atoms with Crippen LogP contribution in [0.2, 0.25) is 0 Å². The van der Waals surface area contributed by atoms with Gasteiger partial charge in [0.15, 0.2) is 0 Å². The summed E-state index contributed by atoms with van der Waals surface area (Å²) < 4.78 is 15.2. The van der Waals surface area contributed by atoms with Crippen LogP contribution in [0.25, 0.3) is 5.65 Å². The average molecular weight is 351 g/mol. The van der Waals surface area contributed by atoms with Gasteiger partial charge in [-0.3, -0.25) is 4.79 Å². The molecule has 5 heteroatoms. The number of likely N-dealkylation sites (tertiary alicyclic amines) is 1. The smallest absolute Gasteiger partial charge is 0.227 e. The number of carbonyl (C=O) groups excluding carboxylic acids is 1. The molecule has 1 fully saturated rings. The van der Waals surface area contributed by atoms with E-state index in [1.807, 2.05) is 24.0 Å². The molecule has 4 nitrogen and oxygen atoms in total. The molecule has 0 aliphatic carbocycles. The van der Waals surface area contributed by atoms with Gasteiger partial charge in [-0.2, -0.15) is 0 Å². The van der Waals surface area contributed by atoms with Crippen molar-refractivity contribution in [1.29, 1.82) is 0 Å².